The van der Waals surface area contributed by atoms with Crippen LogP contribution in [0, 0.1) is 17.8 Å². The summed E-state index contributed by atoms with van der Waals surface area (Å²) in [5.41, 5.74) is 0.779. The highest BCUT2D eigenvalue weighted by Gasteiger charge is 2.10. The van der Waals surface area contributed by atoms with Crippen LogP contribution >= 0.6 is 56.5 Å². The Balaban J connectivity index is 2.97. The van der Waals surface area contributed by atoms with Crippen LogP contribution in [0.15, 0.2) is 18.2 Å². The van der Waals surface area contributed by atoms with E-state index in [9.17, 15) is 0 Å². The summed E-state index contributed by atoms with van der Waals surface area (Å²) >= 11 is 6.35. The van der Waals surface area contributed by atoms with Gasteiger partial charge in [-0.3, -0.25) is 0 Å². The molecule has 0 aliphatic heterocycles. The lowest BCUT2D eigenvalue weighted by Gasteiger charge is -1.92. The van der Waals surface area contributed by atoms with Gasteiger partial charge in [0.25, 0.3) is 0 Å². The van der Waals surface area contributed by atoms with Gasteiger partial charge in [0.05, 0.1) is 14.5 Å². The first-order valence-electron chi connectivity index (χ1n) is 3.50. The molecule has 0 saturated carbocycles. The first-order valence-corrected chi connectivity index (χ1v) is 6.48. The Kier molecular flexibility index (Phi) is 2.76. The molecule has 1 aromatic heterocycles. The van der Waals surface area contributed by atoms with E-state index < -0.39 is 0 Å². The molecular formula is C9H3I2NS. The molecule has 0 atom stereocenters. The Hall–Kier alpha value is 0.130. The summed E-state index contributed by atoms with van der Waals surface area (Å²) in [4.78, 5) is 0. The average molecular weight is 411 g/mol. The van der Waals surface area contributed by atoms with Crippen molar-refractivity contribution in [3.63, 3.8) is 0 Å². The number of nitrogens with zero attached hydrogens (tertiary/aromatic N) is 1. The Labute approximate surface area is 107 Å². The molecule has 64 valence electrons. The summed E-state index contributed by atoms with van der Waals surface area (Å²) in [5.74, 6) is 0. The summed E-state index contributed by atoms with van der Waals surface area (Å²) in [6.07, 6.45) is 0. The fourth-order valence-electron chi connectivity index (χ4n) is 1.18. The standard InChI is InChI=1S/C9H3I2NS/c10-8-7-5(4-12)2-1-3-6(7)13-9(8)11/h1-3H. The van der Waals surface area contributed by atoms with E-state index >= 15 is 0 Å². The molecule has 2 rings (SSSR count). The minimum atomic E-state index is 0.779. The maximum Gasteiger partial charge on any atom is 0.0998 e. The van der Waals surface area contributed by atoms with E-state index in [1.165, 1.54) is 11.2 Å². The van der Waals surface area contributed by atoms with Crippen molar-refractivity contribution in [1.29, 1.82) is 5.26 Å². The third-order valence-corrected chi connectivity index (χ3v) is 6.36. The molecule has 0 saturated heterocycles. The highest BCUT2D eigenvalue weighted by Crippen LogP contribution is 2.35. The molecule has 2 aromatic rings. The van der Waals surface area contributed by atoms with Crippen LogP contribution in [0.4, 0.5) is 0 Å². The van der Waals surface area contributed by atoms with Crippen molar-refractivity contribution in [3.05, 3.63) is 30.2 Å². The minimum absolute atomic E-state index is 0.779. The van der Waals surface area contributed by atoms with Gasteiger partial charge >= 0.3 is 0 Å². The summed E-state index contributed by atoms with van der Waals surface area (Å²) in [6, 6.07) is 8.09. The summed E-state index contributed by atoms with van der Waals surface area (Å²) < 4.78 is 3.67. The number of halogens is 2. The zero-order valence-corrected chi connectivity index (χ0v) is 11.5. The maximum absolute atomic E-state index is 8.92. The van der Waals surface area contributed by atoms with Crippen molar-refractivity contribution in [1.82, 2.24) is 0 Å². The third-order valence-electron chi connectivity index (χ3n) is 1.74. The largest absolute Gasteiger partial charge is 0.192 e. The number of hydrogen-bond acceptors (Lipinski definition) is 2. The first-order chi connectivity index (χ1) is 6.24. The van der Waals surface area contributed by atoms with E-state index in [1.807, 2.05) is 12.1 Å². The maximum atomic E-state index is 8.92. The zero-order valence-electron chi connectivity index (χ0n) is 6.34. The predicted octanol–water partition coefficient (Wildman–Crippen LogP) is 3.98. The fourth-order valence-corrected chi connectivity index (χ4v) is 4.10. The van der Waals surface area contributed by atoms with Crippen LogP contribution in [-0.2, 0) is 0 Å². The molecular weight excluding hydrogens is 408 g/mol. The molecule has 0 aliphatic rings. The van der Waals surface area contributed by atoms with Gasteiger partial charge in [-0.15, -0.1) is 11.3 Å². The van der Waals surface area contributed by atoms with Gasteiger partial charge in [0.2, 0.25) is 0 Å². The highest BCUT2D eigenvalue weighted by molar-refractivity contribution is 14.1. The van der Waals surface area contributed by atoms with Gasteiger partial charge in [-0.1, -0.05) is 6.07 Å². The lowest BCUT2D eigenvalue weighted by Crippen LogP contribution is -1.76. The van der Waals surface area contributed by atoms with E-state index in [-0.39, 0.29) is 0 Å². The second-order valence-corrected chi connectivity index (χ2v) is 6.42. The number of nitriles is 1. The van der Waals surface area contributed by atoms with Crippen LogP contribution in [0.1, 0.15) is 5.56 Å². The molecule has 0 N–H and O–H groups in total. The SMILES string of the molecule is N#Cc1cccc2sc(I)c(I)c12. The summed E-state index contributed by atoms with van der Waals surface area (Å²) in [7, 11) is 0. The molecule has 4 heteroatoms. The van der Waals surface area contributed by atoms with Gasteiger partial charge in [0, 0.05) is 13.7 Å². The molecule has 13 heavy (non-hydrogen) atoms. The van der Waals surface area contributed by atoms with Crippen molar-refractivity contribution in [2.75, 3.05) is 0 Å². The van der Waals surface area contributed by atoms with Crippen LogP contribution in [-0.4, -0.2) is 0 Å². The molecule has 0 spiro atoms. The average Bonchev–Trinajstić information content (AvgIpc) is 2.43. The van der Waals surface area contributed by atoms with Crippen molar-refractivity contribution in [3.8, 4) is 6.07 Å². The Bertz CT molecular complexity index is 510. The lowest BCUT2D eigenvalue weighted by atomic mass is 10.1. The molecule has 1 heterocycles. The van der Waals surface area contributed by atoms with Crippen molar-refractivity contribution < 1.29 is 0 Å². The highest BCUT2D eigenvalue weighted by atomic mass is 127. The van der Waals surface area contributed by atoms with E-state index in [1.54, 1.807) is 11.3 Å². The van der Waals surface area contributed by atoms with E-state index in [4.69, 9.17) is 5.26 Å². The Morgan fingerprint density at radius 2 is 2.08 bits per heavy atom. The van der Waals surface area contributed by atoms with Gasteiger partial charge in [0.15, 0.2) is 0 Å². The normalized spacial score (nSPS) is 10.2. The molecule has 1 aromatic carbocycles. The smallest absolute Gasteiger partial charge is 0.0998 e. The van der Waals surface area contributed by atoms with E-state index in [0.29, 0.717) is 0 Å². The molecule has 0 unspecified atom stereocenters. The first kappa shape index (κ1) is 9.68. The second kappa shape index (κ2) is 3.71. The molecule has 0 aliphatic carbocycles. The number of fused-ring (bicyclic) bond motifs is 1. The van der Waals surface area contributed by atoms with Crippen LogP contribution in [0.5, 0.6) is 0 Å². The van der Waals surface area contributed by atoms with Crippen LogP contribution in [0.2, 0.25) is 0 Å². The molecule has 0 amide bonds. The molecule has 0 radical (unpaired) electrons. The minimum Gasteiger partial charge on any atom is -0.192 e. The van der Waals surface area contributed by atoms with Crippen molar-refractivity contribution in [2.24, 2.45) is 0 Å². The van der Waals surface area contributed by atoms with Crippen molar-refractivity contribution in [2.45, 2.75) is 0 Å². The van der Waals surface area contributed by atoms with Crippen LogP contribution < -0.4 is 0 Å². The van der Waals surface area contributed by atoms with E-state index in [0.717, 1.165) is 10.9 Å². The van der Waals surface area contributed by atoms with Gasteiger partial charge in [0.1, 0.15) is 0 Å². The number of benzene rings is 1. The fraction of sp³-hybridized carbons (Fsp3) is 0. The van der Waals surface area contributed by atoms with Gasteiger partial charge < -0.3 is 0 Å². The quantitative estimate of drug-likeness (QED) is 0.602. The van der Waals surface area contributed by atoms with E-state index in [2.05, 4.69) is 57.3 Å². The van der Waals surface area contributed by atoms with Crippen LogP contribution in [0.3, 0.4) is 0 Å². The second-order valence-electron chi connectivity index (χ2n) is 2.48. The topological polar surface area (TPSA) is 23.8 Å². The molecule has 0 bridgehead atoms. The molecule has 1 nitrogen and oxygen atoms in total. The monoisotopic (exact) mass is 411 g/mol. The number of thiophene rings is 1. The number of hydrogen-bond donors (Lipinski definition) is 0. The molecule has 0 fully saturated rings. The number of rotatable bonds is 0. The van der Waals surface area contributed by atoms with Crippen LogP contribution in [0.25, 0.3) is 10.1 Å². The van der Waals surface area contributed by atoms with Gasteiger partial charge in [-0.05, 0) is 57.3 Å². The lowest BCUT2D eigenvalue weighted by molar-refractivity contribution is 1.50. The van der Waals surface area contributed by atoms with Gasteiger partial charge in [-0.25, -0.2) is 0 Å². The van der Waals surface area contributed by atoms with Crippen molar-refractivity contribution >= 4 is 66.6 Å². The third kappa shape index (κ3) is 1.57. The predicted molar refractivity (Wildman–Crippen MR) is 72.0 cm³/mol. The summed E-state index contributed by atoms with van der Waals surface area (Å²) in [5, 5.41) is 10.0. The Morgan fingerprint density at radius 1 is 1.31 bits per heavy atom. The van der Waals surface area contributed by atoms with Gasteiger partial charge in [-0.2, -0.15) is 5.26 Å². The summed E-state index contributed by atoms with van der Waals surface area (Å²) in [6.45, 7) is 0. The Morgan fingerprint density at radius 3 is 2.77 bits per heavy atom. The zero-order chi connectivity index (χ0) is 9.42.